The highest BCUT2D eigenvalue weighted by atomic mass is 32.2. The lowest BCUT2D eigenvalue weighted by molar-refractivity contribution is -0.659. The molecule has 4 aromatic carbocycles. The van der Waals surface area contributed by atoms with Gasteiger partial charge in [0.05, 0.1) is 10.9 Å². The molecule has 0 spiro atoms. The SMILES string of the molecule is Cc1ccc2c(CC(C)(C)C)c3c(c(C)c2c1)-c1c2c(cc4ccc(C(C)(C)C)cc4c2cc[n+]1C)S3. The maximum Gasteiger partial charge on any atom is 0.222 e. The summed E-state index contributed by atoms with van der Waals surface area (Å²) in [5.74, 6) is 0. The normalized spacial score (nSPS) is 13.5. The first kappa shape index (κ1) is 24.5. The van der Waals surface area contributed by atoms with Crippen molar-refractivity contribution in [1.82, 2.24) is 0 Å². The predicted molar refractivity (Wildman–Crippen MR) is 161 cm³/mol. The zero-order chi connectivity index (χ0) is 26.4. The van der Waals surface area contributed by atoms with Gasteiger partial charge in [0, 0.05) is 21.2 Å². The van der Waals surface area contributed by atoms with Gasteiger partial charge < -0.3 is 0 Å². The van der Waals surface area contributed by atoms with Crippen molar-refractivity contribution >= 4 is 44.1 Å². The van der Waals surface area contributed by atoms with E-state index in [2.05, 4.69) is 122 Å². The molecule has 1 aliphatic rings. The topological polar surface area (TPSA) is 3.88 Å². The summed E-state index contributed by atoms with van der Waals surface area (Å²) in [5, 5.41) is 8.27. The molecular weight excluding hydrogens is 466 g/mol. The quantitative estimate of drug-likeness (QED) is 0.159. The van der Waals surface area contributed by atoms with Crippen LogP contribution in [0.1, 0.15) is 63.8 Å². The standard InChI is InChI=1S/C35H38NS/c1-20-10-13-24-26(16-20)21(2)30-32-31-25(14-15-36(32)9)27-18-23(35(6,7)8)12-11-22(27)17-29(31)37-33(30)28(24)19-34(3,4)5/h10-18H,19H2,1-9H3/q+1. The summed E-state index contributed by atoms with van der Waals surface area (Å²) in [6.45, 7) is 18.6. The highest BCUT2D eigenvalue weighted by molar-refractivity contribution is 8.00. The Kier molecular flexibility index (Phi) is 5.35. The molecule has 2 heterocycles. The van der Waals surface area contributed by atoms with E-state index in [1.807, 2.05) is 11.8 Å². The molecule has 0 N–H and O–H groups in total. The zero-order valence-corrected chi connectivity index (χ0v) is 24.6. The van der Waals surface area contributed by atoms with Crippen LogP contribution in [0.4, 0.5) is 0 Å². The minimum Gasteiger partial charge on any atom is -0.200 e. The van der Waals surface area contributed by atoms with Crippen molar-refractivity contribution in [2.45, 2.75) is 77.0 Å². The molecule has 0 radical (unpaired) electrons. The molecular formula is C35H38NS+. The maximum absolute atomic E-state index is 2.44. The molecule has 1 aromatic heterocycles. The number of rotatable bonds is 1. The lowest BCUT2D eigenvalue weighted by Gasteiger charge is -2.28. The molecule has 0 amide bonds. The van der Waals surface area contributed by atoms with Crippen LogP contribution in [0.3, 0.4) is 0 Å². The number of fused-ring (bicyclic) bond motifs is 5. The number of pyridine rings is 1. The molecule has 0 saturated heterocycles. The van der Waals surface area contributed by atoms with E-state index >= 15 is 0 Å². The van der Waals surface area contributed by atoms with E-state index in [1.54, 1.807) is 0 Å². The summed E-state index contributed by atoms with van der Waals surface area (Å²) < 4.78 is 2.36. The van der Waals surface area contributed by atoms with E-state index in [0.717, 1.165) is 6.42 Å². The fourth-order valence-corrected chi connectivity index (χ4v) is 7.49. The van der Waals surface area contributed by atoms with Gasteiger partial charge in [-0.25, -0.2) is 4.57 Å². The first-order valence-corrected chi connectivity index (χ1v) is 14.3. The van der Waals surface area contributed by atoms with Gasteiger partial charge in [0.1, 0.15) is 7.05 Å². The molecule has 5 aromatic rings. The van der Waals surface area contributed by atoms with E-state index < -0.39 is 0 Å². The van der Waals surface area contributed by atoms with Crippen molar-refractivity contribution in [3.05, 3.63) is 77.0 Å². The first-order valence-electron chi connectivity index (χ1n) is 13.5. The van der Waals surface area contributed by atoms with Gasteiger partial charge in [0.25, 0.3) is 0 Å². The number of hydrogen-bond acceptors (Lipinski definition) is 1. The molecule has 0 bridgehead atoms. The van der Waals surface area contributed by atoms with Crippen LogP contribution < -0.4 is 4.57 Å². The molecule has 1 nitrogen and oxygen atoms in total. The van der Waals surface area contributed by atoms with E-state index in [0.29, 0.717) is 0 Å². The summed E-state index contributed by atoms with van der Waals surface area (Å²) in [5.41, 5.74) is 8.71. The van der Waals surface area contributed by atoms with E-state index in [1.165, 1.54) is 75.6 Å². The number of hydrogen-bond donors (Lipinski definition) is 0. The Bertz CT molecular complexity index is 1760. The van der Waals surface area contributed by atoms with Crippen LogP contribution >= 0.6 is 11.8 Å². The summed E-state index contributed by atoms with van der Waals surface area (Å²) in [6, 6.07) is 18.9. The minimum absolute atomic E-state index is 0.120. The summed E-state index contributed by atoms with van der Waals surface area (Å²) in [7, 11) is 2.22. The average Bonchev–Trinajstić information content (AvgIpc) is 2.81. The van der Waals surface area contributed by atoms with Gasteiger partial charge in [-0.05, 0) is 81.5 Å². The van der Waals surface area contributed by atoms with Crippen molar-refractivity contribution in [1.29, 1.82) is 0 Å². The Morgan fingerprint density at radius 2 is 1.54 bits per heavy atom. The summed E-state index contributed by atoms with van der Waals surface area (Å²) in [4.78, 5) is 2.83. The molecule has 0 fully saturated rings. The molecule has 37 heavy (non-hydrogen) atoms. The van der Waals surface area contributed by atoms with Crippen molar-refractivity contribution < 1.29 is 4.57 Å². The molecule has 0 saturated carbocycles. The van der Waals surface area contributed by atoms with Crippen LogP contribution in [0.5, 0.6) is 0 Å². The van der Waals surface area contributed by atoms with Crippen LogP contribution in [0.2, 0.25) is 0 Å². The third-order valence-corrected chi connectivity index (χ3v) is 9.20. The van der Waals surface area contributed by atoms with Crippen LogP contribution in [0, 0.1) is 19.3 Å². The van der Waals surface area contributed by atoms with Crippen LogP contribution in [0.15, 0.2) is 64.5 Å². The van der Waals surface area contributed by atoms with E-state index in [4.69, 9.17) is 0 Å². The second-order valence-electron chi connectivity index (χ2n) is 13.3. The molecule has 2 heteroatoms. The Hall–Kier alpha value is -2.84. The lowest BCUT2D eigenvalue weighted by atomic mass is 9.82. The Morgan fingerprint density at radius 3 is 2.24 bits per heavy atom. The smallest absolute Gasteiger partial charge is 0.200 e. The van der Waals surface area contributed by atoms with E-state index in [9.17, 15) is 0 Å². The first-order chi connectivity index (χ1) is 17.3. The minimum atomic E-state index is 0.120. The highest BCUT2D eigenvalue weighted by Crippen LogP contribution is 2.53. The largest absolute Gasteiger partial charge is 0.222 e. The predicted octanol–water partition coefficient (Wildman–Crippen LogP) is 9.61. The third kappa shape index (κ3) is 3.87. The van der Waals surface area contributed by atoms with Gasteiger partial charge >= 0.3 is 0 Å². The molecule has 6 rings (SSSR count). The Balaban J connectivity index is 1.78. The highest BCUT2D eigenvalue weighted by Gasteiger charge is 2.33. The zero-order valence-electron chi connectivity index (χ0n) is 23.8. The Morgan fingerprint density at radius 1 is 0.784 bits per heavy atom. The van der Waals surface area contributed by atoms with Crippen molar-refractivity contribution in [2.75, 3.05) is 0 Å². The molecule has 0 atom stereocenters. The monoisotopic (exact) mass is 504 g/mol. The number of nitrogens with zero attached hydrogens (tertiary/aromatic N) is 1. The lowest BCUT2D eigenvalue weighted by Crippen LogP contribution is -2.32. The number of aryl methyl sites for hydroxylation is 3. The number of aromatic nitrogens is 1. The van der Waals surface area contributed by atoms with Crippen LogP contribution in [-0.2, 0) is 18.9 Å². The number of benzene rings is 4. The average molecular weight is 505 g/mol. The van der Waals surface area contributed by atoms with Crippen molar-refractivity contribution in [3.63, 3.8) is 0 Å². The Labute approximate surface area is 225 Å². The maximum atomic E-state index is 2.44. The van der Waals surface area contributed by atoms with Crippen LogP contribution in [-0.4, -0.2) is 0 Å². The second kappa shape index (κ2) is 8.08. The molecule has 188 valence electrons. The van der Waals surface area contributed by atoms with Gasteiger partial charge in [-0.3, -0.25) is 0 Å². The summed E-state index contributed by atoms with van der Waals surface area (Å²) >= 11 is 2.00. The van der Waals surface area contributed by atoms with Crippen LogP contribution in [0.25, 0.3) is 43.6 Å². The fraction of sp³-hybridized carbons (Fsp3) is 0.343. The summed E-state index contributed by atoms with van der Waals surface area (Å²) in [6.07, 6.45) is 3.33. The van der Waals surface area contributed by atoms with Gasteiger partial charge in [0.15, 0.2) is 6.20 Å². The molecule has 0 aliphatic carbocycles. The molecule has 0 unspecified atom stereocenters. The van der Waals surface area contributed by atoms with Crippen molar-refractivity contribution in [2.24, 2.45) is 12.5 Å². The van der Waals surface area contributed by atoms with Crippen molar-refractivity contribution in [3.8, 4) is 11.3 Å². The fourth-order valence-electron chi connectivity index (χ4n) is 6.12. The van der Waals surface area contributed by atoms with Gasteiger partial charge in [-0.15, -0.1) is 0 Å². The second-order valence-corrected chi connectivity index (χ2v) is 14.4. The van der Waals surface area contributed by atoms with E-state index in [-0.39, 0.29) is 10.8 Å². The van der Waals surface area contributed by atoms with Gasteiger partial charge in [-0.2, -0.15) is 0 Å². The third-order valence-electron chi connectivity index (χ3n) is 8.00. The van der Waals surface area contributed by atoms with Gasteiger partial charge in [0.2, 0.25) is 5.69 Å². The van der Waals surface area contributed by atoms with Gasteiger partial charge in [-0.1, -0.05) is 89.2 Å². The molecule has 1 aliphatic heterocycles.